The van der Waals surface area contributed by atoms with Crippen LogP contribution in [0.1, 0.15) is 59.2 Å². The summed E-state index contributed by atoms with van der Waals surface area (Å²) in [5.41, 5.74) is 5.73. The number of carbonyl (C=O) groups is 1. The standard InChI is InChI=1S/C32H34N4O2/c37-31-29(27-16-13-25(21-28(27)34-31)32(38)36-19-7-8-20-36)30(24-9-3-1-4-10-24)33-26-14-11-23(12-15-26)22-35-17-5-2-6-18-35/h1,3-4,9-16,21,34,37H,2,5-8,17-20,22H2. The summed E-state index contributed by atoms with van der Waals surface area (Å²) in [5, 5.41) is 11.9. The number of hydrogen-bond acceptors (Lipinski definition) is 4. The number of hydrogen-bond donors (Lipinski definition) is 2. The van der Waals surface area contributed by atoms with Crippen molar-refractivity contribution in [1.29, 1.82) is 0 Å². The van der Waals surface area contributed by atoms with E-state index in [1.165, 1.54) is 37.9 Å². The lowest BCUT2D eigenvalue weighted by molar-refractivity contribution is 0.0793. The van der Waals surface area contributed by atoms with Crippen LogP contribution in [-0.2, 0) is 6.54 Å². The zero-order valence-electron chi connectivity index (χ0n) is 21.7. The molecular weight excluding hydrogens is 472 g/mol. The first-order valence-electron chi connectivity index (χ1n) is 13.8. The van der Waals surface area contributed by atoms with Crippen molar-refractivity contribution < 1.29 is 9.90 Å². The van der Waals surface area contributed by atoms with Gasteiger partial charge < -0.3 is 15.0 Å². The number of carbonyl (C=O) groups excluding carboxylic acids is 1. The molecule has 6 heteroatoms. The average molecular weight is 507 g/mol. The molecule has 194 valence electrons. The molecule has 0 aliphatic carbocycles. The van der Waals surface area contributed by atoms with Crippen LogP contribution in [0.5, 0.6) is 5.88 Å². The van der Waals surface area contributed by atoms with Gasteiger partial charge in [0.25, 0.3) is 5.91 Å². The third kappa shape index (κ3) is 5.09. The van der Waals surface area contributed by atoms with E-state index in [9.17, 15) is 9.90 Å². The van der Waals surface area contributed by atoms with Gasteiger partial charge in [-0.05, 0) is 68.6 Å². The van der Waals surface area contributed by atoms with E-state index in [0.717, 1.165) is 54.6 Å². The maximum absolute atomic E-state index is 13.0. The van der Waals surface area contributed by atoms with Gasteiger partial charge in [0.05, 0.1) is 17.0 Å². The number of likely N-dealkylation sites (tertiary alicyclic amines) is 2. The van der Waals surface area contributed by atoms with Crippen LogP contribution >= 0.6 is 0 Å². The van der Waals surface area contributed by atoms with Crippen molar-refractivity contribution in [1.82, 2.24) is 14.8 Å². The Hall–Kier alpha value is -3.90. The number of aliphatic imine (C=N–C) groups is 1. The zero-order chi connectivity index (χ0) is 25.9. The van der Waals surface area contributed by atoms with Gasteiger partial charge >= 0.3 is 0 Å². The molecule has 0 atom stereocenters. The average Bonchev–Trinajstić information content (AvgIpc) is 3.61. The van der Waals surface area contributed by atoms with E-state index < -0.39 is 0 Å². The van der Waals surface area contributed by atoms with Gasteiger partial charge in [0.2, 0.25) is 0 Å². The number of amides is 1. The smallest absolute Gasteiger partial charge is 0.253 e. The monoisotopic (exact) mass is 506 g/mol. The Kier molecular flexibility index (Phi) is 6.97. The second-order valence-electron chi connectivity index (χ2n) is 10.4. The molecule has 6 nitrogen and oxygen atoms in total. The molecule has 2 N–H and O–H groups in total. The van der Waals surface area contributed by atoms with Crippen molar-refractivity contribution in [3.63, 3.8) is 0 Å². The molecule has 2 fully saturated rings. The molecule has 0 saturated carbocycles. The number of aromatic hydroxyl groups is 1. The summed E-state index contributed by atoms with van der Waals surface area (Å²) >= 11 is 0. The van der Waals surface area contributed by atoms with Gasteiger partial charge in [0.1, 0.15) is 0 Å². The number of H-pyrrole nitrogens is 1. The third-order valence-corrected chi connectivity index (χ3v) is 7.74. The highest BCUT2D eigenvalue weighted by atomic mass is 16.3. The molecule has 38 heavy (non-hydrogen) atoms. The van der Waals surface area contributed by atoms with E-state index >= 15 is 0 Å². The zero-order valence-corrected chi connectivity index (χ0v) is 21.7. The predicted molar refractivity (Wildman–Crippen MR) is 152 cm³/mol. The highest BCUT2D eigenvalue weighted by Crippen LogP contribution is 2.32. The molecule has 2 aliphatic heterocycles. The largest absolute Gasteiger partial charge is 0.494 e. The number of nitrogens with one attached hydrogen (secondary N) is 1. The van der Waals surface area contributed by atoms with Crippen molar-refractivity contribution >= 4 is 28.2 Å². The van der Waals surface area contributed by atoms with E-state index in [1.807, 2.05) is 53.4 Å². The van der Waals surface area contributed by atoms with Crippen molar-refractivity contribution in [3.05, 3.63) is 95.1 Å². The van der Waals surface area contributed by atoms with E-state index in [0.29, 0.717) is 16.8 Å². The first-order chi connectivity index (χ1) is 18.7. The van der Waals surface area contributed by atoms with Crippen LogP contribution in [0.15, 0.2) is 77.8 Å². The summed E-state index contributed by atoms with van der Waals surface area (Å²) in [7, 11) is 0. The molecule has 1 amide bonds. The molecule has 0 spiro atoms. The highest BCUT2D eigenvalue weighted by Gasteiger charge is 2.23. The Morgan fingerprint density at radius 1 is 0.816 bits per heavy atom. The summed E-state index contributed by atoms with van der Waals surface area (Å²) in [6.45, 7) is 4.92. The molecule has 6 rings (SSSR count). The summed E-state index contributed by atoms with van der Waals surface area (Å²) in [6.07, 6.45) is 6.01. The Labute approximate surface area is 223 Å². The van der Waals surface area contributed by atoms with Crippen molar-refractivity contribution in [2.24, 2.45) is 4.99 Å². The minimum absolute atomic E-state index is 0.0432. The molecule has 2 aliphatic rings. The third-order valence-electron chi connectivity index (χ3n) is 7.74. The number of nitrogens with zero attached hydrogens (tertiary/aromatic N) is 3. The highest BCUT2D eigenvalue weighted by molar-refractivity contribution is 6.22. The quantitative estimate of drug-likeness (QED) is 0.303. The Bertz CT molecular complexity index is 1440. The van der Waals surface area contributed by atoms with Gasteiger partial charge in [-0.2, -0.15) is 0 Å². The van der Waals surface area contributed by atoms with Gasteiger partial charge in [-0.3, -0.25) is 9.69 Å². The number of benzene rings is 3. The molecule has 4 aromatic rings. The van der Waals surface area contributed by atoms with Gasteiger partial charge in [-0.25, -0.2) is 4.99 Å². The Morgan fingerprint density at radius 2 is 1.53 bits per heavy atom. The molecule has 1 aromatic heterocycles. The molecule has 3 aromatic carbocycles. The molecule has 0 bridgehead atoms. The maximum Gasteiger partial charge on any atom is 0.253 e. The molecule has 3 heterocycles. The van der Waals surface area contributed by atoms with E-state index in [1.54, 1.807) is 0 Å². The van der Waals surface area contributed by atoms with Crippen LogP contribution in [0.4, 0.5) is 5.69 Å². The minimum atomic E-state index is 0.0432. The van der Waals surface area contributed by atoms with Crippen LogP contribution in [0, 0.1) is 0 Å². The van der Waals surface area contributed by atoms with Crippen LogP contribution in [0.25, 0.3) is 10.9 Å². The van der Waals surface area contributed by atoms with E-state index in [2.05, 4.69) is 34.1 Å². The number of piperidine rings is 1. The summed E-state index contributed by atoms with van der Waals surface area (Å²) in [5.74, 6) is 0.0942. The number of rotatable bonds is 6. The Morgan fingerprint density at radius 3 is 2.26 bits per heavy atom. The first kappa shape index (κ1) is 24.4. The number of fused-ring (bicyclic) bond motifs is 1. The van der Waals surface area contributed by atoms with E-state index in [-0.39, 0.29) is 11.8 Å². The summed E-state index contributed by atoms with van der Waals surface area (Å²) in [4.78, 5) is 25.5. The SMILES string of the molecule is O=C(c1ccc2c(C(=Nc3ccc(CN4CCCCC4)cc3)c3ccccc3)c(O)[nH]c2c1)N1CCCC1. The number of aromatic nitrogens is 1. The van der Waals surface area contributed by atoms with Gasteiger partial charge in [-0.1, -0.05) is 55.0 Å². The van der Waals surface area contributed by atoms with Gasteiger partial charge in [0.15, 0.2) is 5.88 Å². The van der Waals surface area contributed by atoms with Crippen LogP contribution in [-0.4, -0.2) is 57.7 Å². The lowest BCUT2D eigenvalue weighted by atomic mass is 10.00. The fourth-order valence-electron chi connectivity index (χ4n) is 5.70. The Balaban J connectivity index is 1.35. The molecular formula is C32H34N4O2. The summed E-state index contributed by atoms with van der Waals surface area (Å²) in [6, 6.07) is 24.0. The lowest BCUT2D eigenvalue weighted by Crippen LogP contribution is -2.28. The topological polar surface area (TPSA) is 71.9 Å². The molecule has 0 unspecified atom stereocenters. The fourth-order valence-corrected chi connectivity index (χ4v) is 5.70. The van der Waals surface area contributed by atoms with Crippen LogP contribution in [0.3, 0.4) is 0 Å². The van der Waals surface area contributed by atoms with Crippen LogP contribution in [0.2, 0.25) is 0 Å². The van der Waals surface area contributed by atoms with Crippen LogP contribution < -0.4 is 0 Å². The normalized spacial score (nSPS) is 16.8. The lowest BCUT2D eigenvalue weighted by Gasteiger charge is -2.26. The second kappa shape index (κ2) is 10.8. The van der Waals surface area contributed by atoms with Gasteiger partial charge in [-0.15, -0.1) is 0 Å². The van der Waals surface area contributed by atoms with E-state index in [4.69, 9.17) is 4.99 Å². The fraction of sp³-hybridized carbons (Fsp3) is 0.312. The predicted octanol–water partition coefficient (Wildman–Crippen LogP) is 6.26. The summed E-state index contributed by atoms with van der Waals surface area (Å²) < 4.78 is 0. The minimum Gasteiger partial charge on any atom is -0.494 e. The second-order valence-corrected chi connectivity index (χ2v) is 10.4. The molecule has 2 saturated heterocycles. The first-order valence-corrected chi connectivity index (χ1v) is 13.8. The number of aromatic amines is 1. The van der Waals surface area contributed by atoms with Gasteiger partial charge in [0, 0.05) is 41.7 Å². The molecule has 0 radical (unpaired) electrons. The van der Waals surface area contributed by atoms with Crippen molar-refractivity contribution in [3.8, 4) is 5.88 Å². The van der Waals surface area contributed by atoms with Crippen molar-refractivity contribution in [2.75, 3.05) is 26.2 Å². The maximum atomic E-state index is 13.0. The van der Waals surface area contributed by atoms with Crippen molar-refractivity contribution in [2.45, 2.75) is 38.6 Å².